The molecule has 0 aliphatic carbocycles. The number of hydrogen-bond acceptors (Lipinski definition) is 3. The van der Waals surface area contributed by atoms with Crippen molar-refractivity contribution in [3.63, 3.8) is 0 Å². The summed E-state index contributed by atoms with van der Waals surface area (Å²) in [4.78, 5) is 13.2. The van der Waals surface area contributed by atoms with E-state index in [2.05, 4.69) is 5.10 Å². The number of amides is 1. The van der Waals surface area contributed by atoms with E-state index in [0.29, 0.717) is 19.8 Å². The van der Waals surface area contributed by atoms with Crippen molar-refractivity contribution in [2.75, 3.05) is 13.1 Å². The van der Waals surface area contributed by atoms with Gasteiger partial charge in [0.1, 0.15) is 0 Å². The largest absolute Gasteiger partial charge is 0.426 e. The molecule has 1 saturated heterocycles. The van der Waals surface area contributed by atoms with Gasteiger partial charge in [0, 0.05) is 30.9 Å². The monoisotopic (exact) mass is 367 g/mol. The Balaban J connectivity index is 1.71. The summed E-state index contributed by atoms with van der Waals surface area (Å²) in [5.74, 6) is -1.21. The van der Waals surface area contributed by atoms with Crippen LogP contribution in [-0.2, 0) is 4.79 Å². The summed E-state index contributed by atoms with van der Waals surface area (Å²) < 4.78 is 40.4. The van der Waals surface area contributed by atoms with Gasteiger partial charge >= 0.3 is 6.18 Å². The van der Waals surface area contributed by atoms with Crippen LogP contribution in [0.5, 0.6) is 0 Å². The number of alkyl halides is 3. The van der Waals surface area contributed by atoms with Crippen molar-refractivity contribution >= 4 is 5.91 Å². The summed E-state index contributed by atoms with van der Waals surface area (Å²) in [5.41, 5.74) is -1.48. The number of aromatic nitrogens is 2. The molecule has 8 heteroatoms. The minimum atomic E-state index is -4.99. The van der Waals surface area contributed by atoms with Crippen LogP contribution in [-0.4, -0.2) is 50.6 Å². The van der Waals surface area contributed by atoms with Gasteiger partial charge < -0.3 is 10.0 Å². The number of likely N-dealkylation sites (tertiary alicyclic amines) is 1. The van der Waals surface area contributed by atoms with Crippen LogP contribution in [0.1, 0.15) is 31.4 Å². The van der Waals surface area contributed by atoms with Gasteiger partial charge in [-0.05, 0) is 38.0 Å². The molecule has 0 radical (unpaired) electrons. The van der Waals surface area contributed by atoms with Crippen molar-refractivity contribution in [3.05, 3.63) is 48.3 Å². The van der Waals surface area contributed by atoms with Gasteiger partial charge in [-0.1, -0.05) is 18.2 Å². The van der Waals surface area contributed by atoms with Crippen molar-refractivity contribution in [2.24, 2.45) is 0 Å². The highest BCUT2D eigenvalue weighted by Crippen LogP contribution is 2.34. The quantitative estimate of drug-likeness (QED) is 0.908. The van der Waals surface area contributed by atoms with Crippen molar-refractivity contribution in [1.29, 1.82) is 0 Å². The van der Waals surface area contributed by atoms with Crippen molar-refractivity contribution in [1.82, 2.24) is 14.7 Å². The molecule has 1 aromatic carbocycles. The summed E-state index contributed by atoms with van der Waals surface area (Å²) in [6.07, 6.45) is -2.28. The highest BCUT2D eigenvalue weighted by Gasteiger charge is 2.57. The first-order valence-corrected chi connectivity index (χ1v) is 8.39. The summed E-state index contributed by atoms with van der Waals surface area (Å²) >= 11 is 0. The molecule has 1 aliphatic heterocycles. The lowest BCUT2D eigenvalue weighted by Crippen LogP contribution is -2.57. The maximum absolute atomic E-state index is 12.9. The maximum atomic E-state index is 12.9. The van der Waals surface area contributed by atoms with Crippen LogP contribution >= 0.6 is 0 Å². The molecule has 140 valence electrons. The molecule has 26 heavy (non-hydrogen) atoms. The van der Waals surface area contributed by atoms with Gasteiger partial charge in [-0.2, -0.15) is 18.3 Å². The average Bonchev–Trinajstić information content (AvgIpc) is 3.10. The number of halogens is 3. The third kappa shape index (κ3) is 3.33. The first-order chi connectivity index (χ1) is 12.2. The van der Waals surface area contributed by atoms with Crippen LogP contribution in [0, 0.1) is 0 Å². The van der Waals surface area contributed by atoms with Crippen LogP contribution in [0.15, 0.2) is 42.6 Å². The SMILES string of the molecule is C[C@@](O)(C(=O)N1CCC(c2ccnn2-c2ccccc2)CC1)C(F)(F)F. The van der Waals surface area contributed by atoms with E-state index in [9.17, 15) is 23.1 Å². The molecule has 0 saturated carbocycles. The molecule has 0 unspecified atom stereocenters. The molecule has 0 spiro atoms. The smallest absolute Gasteiger partial charge is 0.373 e. The molecule has 3 rings (SSSR count). The summed E-state index contributed by atoms with van der Waals surface area (Å²) in [7, 11) is 0. The third-order valence-electron chi connectivity index (χ3n) is 4.84. The number of carbonyl (C=O) groups is 1. The molecule has 2 heterocycles. The lowest BCUT2D eigenvalue weighted by molar-refractivity contribution is -0.250. The van der Waals surface area contributed by atoms with Crippen LogP contribution in [0.4, 0.5) is 13.2 Å². The number of hydrogen-bond donors (Lipinski definition) is 1. The Kier molecular flexibility index (Phi) is 4.79. The first-order valence-electron chi connectivity index (χ1n) is 8.39. The van der Waals surface area contributed by atoms with Crippen LogP contribution in [0.3, 0.4) is 0 Å². The van der Waals surface area contributed by atoms with Gasteiger partial charge in [0.15, 0.2) is 0 Å². The van der Waals surface area contributed by atoms with Gasteiger partial charge in [-0.15, -0.1) is 0 Å². The van der Waals surface area contributed by atoms with E-state index < -0.39 is 17.7 Å². The highest BCUT2D eigenvalue weighted by molar-refractivity contribution is 5.85. The minimum absolute atomic E-state index is 0.0811. The van der Waals surface area contributed by atoms with E-state index in [1.54, 1.807) is 6.20 Å². The molecule has 1 aromatic heterocycles. The normalized spacial score (nSPS) is 18.6. The molecule has 1 atom stereocenters. The number of nitrogens with zero attached hydrogens (tertiary/aromatic N) is 3. The Hall–Kier alpha value is -2.35. The molecule has 1 aliphatic rings. The molecule has 1 amide bonds. The number of aliphatic hydroxyl groups is 1. The Morgan fingerprint density at radius 2 is 1.77 bits per heavy atom. The van der Waals surface area contributed by atoms with Crippen LogP contribution < -0.4 is 0 Å². The predicted molar refractivity (Wildman–Crippen MR) is 88.8 cm³/mol. The van der Waals surface area contributed by atoms with Crippen molar-refractivity contribution in [3.8, 4) is 5.69 Å². The zero-order valence-corrected chi connectivity index (χ0v) is 14.3. The van der Waals surface area contributed by atoms with Gasteiger partial charge in [0.05, 0.1) is 5.69 Å². The third-order valence-corrected chi connectivity index (χ3v) is 4.84. The van der Waals surface area contributed by atoms with E-state index in [1.807, 2.05) is 41.1 Å². The second-order valence-corrected chi connectivity index (χ2v) is 6.64. The number of carbonyl (C=O) groups excluding carboxylic acids is 1. The summed E-state index contributed by atoms with van der Waals surface area (Å²) in [6, 6.07) is 11.5. The molecule has 5 nitrogen and oxygen atoms in total. The number of benzene rings is 1. The summed E-state index contributed by atoms with van der Waals surface area (Å²) in [6.45, 7) is 0.831. The van der Waals surface area contributed by atoms with Crippen molar-refractivity contribution < 1.29 is 23.1 Å². The van der Waals surface area contributed by atoms with Crippen LogP contribution in [0.2, 0.25) is 0 Å². The fourth-order valence-corrected chi connectivity index (χ4v) is 3.22. The van der Waals surface area contributed by atoms with Gasteiger partial charge in [-0.25, -0.2) is 4.68 Å². The summed E-state index contributed by atoms with van der Waals surface area (Å²) in [5, 5.41) is 13.9. The first kappa shape index (κ1) is 18.4. The zero-order chi connectivity index (χ0) is 18.9. The number of piperidine rings is 1. The highest BCUT2D eigenvalue weighted by atomic mass is 19.4. The lowest BCUT2D eigenvalue weighted by Gasteiger charge is -2.36. The predicted octanol–water partition coefficient (Wildman–Crippen LogP) is 2.89. The van der Waals surface area contributed by atoms with Gasteiger partial charge in [-0.3, -0.25) is 4.79 Å². The molecule has 1 fully saturated rings. The number of para-hydroxylation sites is 1. The standard InChI is InChI=1S/C18H20F3N3O2/c1-17(26,18(19,20)21)16(25)23-11-8-13(9-12-23)15-7-10-22-24(15)14-5-3-2-4-6-14/h2-7,10,13,26H,8-9,11-12H2,1H3/t17-/m1/s1. The van der Waals surface area contributed by atoms with E-state index in [-0.39, 0.29) is 19.0 Å². The molecule has 2 aromatic rings. The second-order valence-electron chi connectivity index (χ2n) is 6.64. The van der Waals surface area contributed by atoms with Gasteiger partial charge in [0.25, 0.3) is 5.91 Å². The molecule has 0 bridgehead atoms. The Morgan fingerprint density at radius 3 is 2.35 bits per heavy atom. The topological polar surface area (TPSA) is 58.4 Å². The van der Waals surface area contributed by atoms with E-state index in [1.165, 1.54) is 0 Å². The lowest BCUT2D eigenvalue weighted by atomic mass is 9.92. The zero-order valence-electron chi connectivity index (χ0n) is 14.3. The average molecular weight is 367 g/mol. The Labute approximate surface area is 149 Å². The van der Waals surface area contributed by atoms with Gasteiger partial charge in [0.2, 0.25) is 5.60 Å². The maximum Gasteiger partial charge on any atom is 0.426 e. The van der Waals surface area contributed by atoms with E-state index in [0.717, 1.165) is 16.3 Å². The Morgan fingerprint density at radius 1 is 1.15 bits per heavy atom. The van der Waals surface area contributed by atoms with Crippen LogP contribution in [0.25, 0.3) is 5.69 Å². The molecular formula is C18H20F3N3O2. The molecular weight excluding hydrogens is 347 g/mol. The van der Waals surface area contributed by atoms with E-state index in [4.69, 9.17) is 0 Å². The Bertz CT molecular complexity index is 763. The fraction of sp³-hybridized carbons (Fsp3) is 0.444. The minimum Gasteiger partial charge on any atom is -0.373 e. The number of rotatable bonds is 3. The fourth-order valence-electron chi connectivity index (χ4n) is 3.22. The molecule has 1 N–H and O–H groups in total. The van der Waals surface area contributed by atoms with Crippen molar-refractivity contribution in [2.45, 2.75) is 37.5 Å². The van der Waals surface area contributed by atoms with E-state index >= 15 is 0 Å². The second kappa shape index (κ2) is 6.75.